The highest BCUT2D eigenvalue weighted by molar-refractivity contribution is 5.97. The maximum atomic E-state index is 12.3. The van der Waals surface area contributed by atoms with Crippen LogP contribution in [0.15, 0.2) is 30.3 Å². The summed E-state index contributed by atoms with van der Waals surface area (Å²) >= 11 is 0. The predicted octanol–water partition coefficient (Wildman–Crippen LogP) is 1.21. The molecule has 0 spiro atoms. The van der Waals surface area contributed by atoms with Crippen molar-refractivity contribution < 1.29 is 19.4 Å². The molecule has 21 heavy (non-hydrogen) atoms. The van der Waals surface area contributed by atoms with Crippen molar-refractivity contribution in [2.75, 3.05) is 7.05 Å². The number of carbonyl (C=O) groups is 2. The molecular weight excluding hydrogens is 270 g/mol. The maximum Gasteiger partial charge on any atom is 0.345 e. The lowest BCUT2D eigenvalue weighted by Crippen LogP contribution is -2.52. The first-order valence-corrected chi connectivity index (χ1v) is 7.29. The Kier molecular flexibility index (Phi) is 3.78. The van der Waals surface area contributed by atoms with Gasteiger partial charge in [0, 0.05) is 12.1 Å². The summed E-state index contributed by atoms with van der Waals surface area (Å²) in [4.78, 5) is 26.4. The van der Waals surface area contributed by atoms with Crippen LogP contribution in [0.25, 0.3) is 0 Å². The Hall–Kier alpha value is -1.72. The van der Waals surface area contributed by atoms with Crippen molar-refractivity contribution in [3.05, 3.63) is 35.9 Å². The summed E-state index contributed by atoms with van der Waals surface area (Å²) in [5.74, 6) is -1.91. The second kappa shape index (κ2) is 5.58. The Morgan fingerprint density at radius 1 is 1.24 bits per heavy atom. The fraction of sp³-hybridized carbons (Fsp3) is 0.500. The number of aliphatic hydroxyl groups excluding tert-OH is 1. The minimum absolute atomic E-state index is 0.0326. The highest BCUT2D eigenvalue weighted by atomic mass is 16.6. The van der Waals surface area contributed by atoms with Crippen LogP contribution < -0.4 is 0 Å². The molecule has 0 saturated carbocycles. The van der Waals surface area contributed by atoms with E-state index in [0.29, 0.717) is 18.0 Å². The number of fused-ring (bicyclic) bond motifs is 2. The van der Waals surface area contributed by atoms with E-state index in [1.165, 1.54) is 0 Å². The molecule has 2 aliphatic heterocycles. The highest BCUT2D eigenvalue weighted by Gasteiger charge is 2.49. The maximum absolute atomic E-state index is 12.3. The Labute approximate surface area is 123 Å². The lowest BCUT2D eigenvalue weighted by Gasteiger charge is -2.39. The molecule has 5 heteroatoms. The molecule has 1 aromatic rings. The van der Waals surface area contributed by atoms with E-state index in [1.807, 2.05) is 7.05 Å². The quantitative estimate of drug-likeness (QED) is 0.655. The standard InChI is InChI=1S/C16H19NO4/c1-17-11-7-8-12(17)14(13(18)9-11)16(20)21-15(19)10-5-3-2-4-6-10/h2-6,11-14,18H,7-9H2,1H3/t11-,12+,13-,14+/m0/s1. The summed E-state index contributed by atoms with van der Waals surface area (Å²) < 4.78 is 4.98. The zero-order valence-corrected chi connectivity index (χ0v) is 11.9. The molecule has 0 radical (unpaired) electrons. The molecule has 112 valence electrons. The van der Waals surface area contributed by atoms with Crippen LogP contribution in [0, 0.1) is 5.92 Å². The number of aliphatic hydroxyl groups is 1. The number of nitrogens with zero attached hydrogens (tertiary/aromatic N) is 1. The number of hydrogen-bond acceptors (Lipinski definition) is 5. The van der Waals surface area contributed by atoms with Gasteiger partial charge < -0.3 is 9.84 Å². The van der Waals surface area contributed by atoms with Gasteiger partial charge in [-0.1, -0.05) is 18.2 Å². The lowest BCUT2D eigenvalue weighted by molar-refractivity contribution is -0.152. The summed E-state index contributed by atoms with van der Waals surface area (Å²) in [7, 11) is 1.97. The van der Waals surface area contributed by atoms with Gasteiger partial charge in [-0.15, -0.1) is 0 Å². The van der Waals surface area contributed by atoms with E-state index < -0.39 is 24.0 Å². The van der Waals surface area contributed by atoms with E-state index in [-0.39, 0.29) is 6.04 Å². The van der Waals surface area contributed by atoms with E-state index in [4.69, 9.17) is 4.74 Å². The normalized spacial score (nSPS) is 31.9. The molecule has 1 N–H and O–H groups in total. The van der Waals surface area contributed by atoms with Crippen LogP contribution >= 0.6 is 0 Å². The minimum Gasteiger partial charge on any atom is -0.392 e. The average Bonchev–Trinajstić information content (AvgIpc) is 2.72. The van der Waals surface area contributed by atoms with E-state index in [2.05, 4.69) is 4.90 Å². The van der Waals surface area contributed by atoms with Gasteiger partial charge in [-0.2, -0.15) is 0 Å². The summed E-state index contributed by atoms with van der Waals surface area (Å²) in [6.45, 7) is 0. The van der Waals surface area contributed by atoms with Crippen LogP contribution in [-0.2, 0) is 9.53 Å². The SMILES string of the molecule is CN1[C@H]2CC[C@@H]1[C@@H](C(=O)OC(=O)c1ccccc1)[C@@H](O)C2. The molecule has 4 atom stereocenters. The summed E-state index contributed by atoms with van der Waals surface area (Å²) in [5, 5.41) is 10.2. The molecule has 3 rings (SSSR count). The third-order valence-corrected chi connectivity index (χ3v) is 4.71. The van der Waals surface area contributed by atoms with E-state index in [9.17, 15) is 14.7 Å². The van der Waals surface area contributed by atoms with Crippen LogP contribution in [0.4, 0.5) is 0 Å². The zero-order valence-electron chi connectivity index (χ0n) is 11.9. The Balaban J connectivity index is 1.71. The van der Waals surface area contributed by atoms with Crippen molar-refractivity contribution in [3.8, 4) is 0 Å². The van der Waals surface area contributed by atoms with Crippen molar-refractivity contribution in [1.82, 2.24) is 4.90 Å². The van der Waals surface area contributed by atoms with Crippen LogP contribution in [0.2, 0.25) is 0 Å². The van der Waals surface area contributed by atoms with Gasteiger partial charge in [-0.3, -0.25) is 9.69 Å². The lowest BCUT2D eigenvalue weighted by atomic mass is 9.88. The third kappa shape index (κ3) is 2.59. The van der Waals surface area contributed by atoms with Crippen molar-refractivity contribution in [1.29, 1.82) is 0 Å². The molecular formula is C16H19NO4. The first-order chi connectivity index (χ1) is 10.1. The minimum atomic E-state index is -0.727. The Bertz CT molecular complexity index is 544. The van der Waals surface area contributed by atoms with Gasteiger partial charge in [0.2, 0.25) is 0 Å². The molecule has 2 fully saturated rings. The first-order valence-electron chi connectivity index (χ1n) is 7.29. The van der Waals surface area contributed by atoms with Crippen molar-refractivity contribution >= 4 is 11.9 Å². The topological polar surface area (TPSA) is 66.8 Å². The molecule has 0 aliphatic carbocycles. The van der Waals surface area contributed by atoms with Crippen LogP contribution in [0.3, 0.4) is 0 Å². The second-order valence-electron chi connectivity index (χ2n) is 5.87. The molecule has 2 bridgehead atoms. The number of hydrogen-bond donors (Lipinski definition) is 1. The van der Waals surface area contributed by atoms with Gasteiger partial charge in [-0.05, 0) is 38.4 Å². The number of piperidine rings is 1. The van der Waals surface area contributed by atoms with E-state index in [0.717, 1.165) is 12.8 Å². The highest BCUT2D eigenvalue weighted by Crippen LogP contribution is 2.38. The van der Waals surface area contributed by atoms with Crippen molar-refractivity contribution in [2.45, 2.75) is 37.5 Å². The zero-order chi connectivity index (χ0) is 15.0. The van der Waals surface area contributed by atoms with Crippen LogP contribution in [-0.4, -0.2) is 47.2 Å². The number of carbonyl (C=O) groups excluding carboxylic acids is 2. The fourth-order valence-electron chi connectivity index (χ4n) is 3.55. The van der Waals surface area contributed by atoms with E-state index in [1.54, 1.807) is 30.3 Å². The van der Waals surface area contributed by atoms with Crippen molar-refractivity contribution in [3.63, 3.8) is 0 Å². The van der Waals surface area contributed by atoms with Crippen LogP contribution in [0.5, 0.6) is 0 Å². The Morgan fingerprint density at radius 2 is 1.95 bits per heavy atom. The average molecular weight is 289 g/mol. The van der Waals surface area contributed by atoms with Crippen LogP contribution in [0.1, 0.15) is 29.6 Å². The molecule has 2 heterocycles. The number of rotatable bonds is 2. The molecule has 2 saturated heterocycles. The molecule has 0 unspecified atom stereocenters. The molecule has 5 nitrogen and oxygen atoms in total. The second-order valence-corrected chi connectivity index (χ2v) is 5.87. The summed E-state index contributed by atoms with van der Waals surface area (Å²) in [6.07, 6.45) is 1.67. The third-order valence-electron chi connectivity index (χ3n) is 4.71. The van der Waals surface area contributed by atoms with Gasteiger partial charge in [0.1, 0.15) is 0 Å². The van der Waals surface area contributed by atoms with E-state index >= 15 is 0 Å². The smallest absolute Gasteiger partial charge is 0.345 e. The van der Waals surface area contributed by atoms with Gasteiger partial charge in [0.25, 0.3) is 0 Å². The van der Waals surface area contributed by atoms with Gasteiger partial charge in [0.15, 0.2) is 0 Å². The van der Waals surface area contributed by atoms with Gasteiger partial charge in [-0.25, -0.2) is 4.79 Å². The molecule has 0 aromatic heterocycles. The number of benzene rings is 1. The summed E-state index contributed by atoms with van der Waals surface area (Å²) in [6, 6.07) is 8.72. The predicted molar refractivity (Wildman–Crippen MR) is 75.6 cm³/mol. The van der Waals surface area contributed by atoms with Crippen molar-refractivity contribution in [2.24, 2.45) is 5.92 Å². The Morgan fingerprint density at radius 3 is 2.67 bits per heavy atom. The molecule has 0 amide bonds. The van der Waals surface area contributed by atoms with Gasteiger partial charge >= 0.3 is 11.9 Å². The molecule has 2 aliphatic rings. The fourth-order valence-corrected chi connectivity index (χ4v) is 3.55. The summed E-state index contributed by atoms with van der Waals surface area (Å²) in [5.41, 5.74) is 0.341. The number of esters is 2. The first kappa shape index (κ1) is 14.2. The monoisotopic (exact) mass is 289 g/mol. The van der Waals surface area contributed by atoms with Gasteiger partial charge in [0.05, 0.1) is 17.6 Å². The molecule has 1 aromatic carbocycles. The number of ether oxygens (including phenoxy) is 1. The largest absolute Gasteiger partial charge is 0.392 e.